The Morgan fingerprint density at radius 3 is 2.74 bits per heavy atom. The average Bonchev–Trinajstić information content (AvgIpc) is 2.89. The fourth-order valence-corrected chi connectivity index (χ4v) is 3.53. The first-order valence-electron chi connectivity index (χ1n) is 6.20. The van der Waals surface area contributed by atoms with E-state index < -0.39 is 5.97 Å². The van der Waals surface area contributed by atoms with Crippen molar-refractivity contribution in [3.8, 4) is 0 Å². The van der Waals surface area contributed by atoms with Crippen molar-refractivity contribution in [2.45, 2.75) is 25.0 Å². The number of likely N-dealkylation sites (tertiary alicyclic amines) is 1. The third-order valence-electron chi connectivity index (χ3n) is 2.92. The summed E-state index contributed by atoms with van der Waals surface area (Å²) in [5.41, 5.74) is 0.735. The van der Waals surface area contributed by atoms with Crippen molar-refractivity contribution in [3.05, 3.63) is 16.1 Å². The molecule has 5 nitrogen and oxygen atoms in total. The molecule has 1 N–H and O–H groups in total. The van der Waals surface area contributed by atoms with Gasteiger partial charge in [0.05, 0.1) is 11.4 Å². The highest BCUT2D eigenvalue weighted by Gasteiger charge is 2.16. The number of hydrogen-bond acceptors (Lipinski definition) is 5. The topological polar surface area (TPSA) is 70.5 Å². The molecule has 0 radical (unpaired) electrons. The molecule has 1 aromatic rings. The van der Waals surface area contributed by atoms with Gasteiger partial charge >= 0.3 is 5.97 Å². The summed E-state index contributed by atoms with van der Waals surface area (Å²) in [7, 11) is 0. The van der Waals surface area contributed by atoms with Gasteiger partial charge in [0.1, 0.15) is 0 Å². The lowest BCUT2D eigenvalue weighted by Gasteiger charge is -2.26. The lowest BCUT2D eigenvalue weighted by Crippen LogP contribution is -2.36. The summed E-state index contributed by atoms with van der Waals surface area (Å²) >= 11 is 2.62. The Hall–Kier alpha value is -1.08. The Balaban J connectivity index is 1.73. The van der Waals surface area contributed by atoms with Crippen molar-refractivity contribution >= 4 is 35.0 Å². The number of aromatic carboxylic acids is 1. The second kappa shape index (κ2) is 6.91. The minimum Gasteiger partial charge on any atom is -0.476 e. The summed E-state index contributed by atoms with van der Waals surface area (Å²) in [4.78, 5) is 28.5. The molecule has 0 unspecified atom stereocenters. The van der Waals surface area contributed by atoms with Crippen LogP contribution < -0.4 is 0 Å². The van der Waals surface area contributed by atoms with Crippen LogP contribution in [0.5, 0.6) is 0 Å². The first kappa shape index (κ1) is 14.3. The molecule has 0 bridgehead atoms. The van der Waals surface area contributed by atoms with Gasteiger partial charge < -0.3 is 10.0 Å². The van der Waals surface area contributed by atoms with Crippen LogP contribution in [0.1, 0.15) is 34.8 Å². The molecule has 2 rings (SSSR count). The minimum atomic E-state index is -0.995. The summed E-state index contributed by atoms with van der Waals surface area (Å²) < 4.78 is 0. The molecule has 0 spiro atoms. The average molecular weight is 300 g/mol. The number of carboxylic acid groups (broad SMARTS) is 1. The van der Waals surface area contributed by atoms with Crippen LogP contribution in [0.2, 0.25) is 0 Å². The van der Waals surface area contributed by atoms with Crippen LogP contribution in [0.15, 0.2) is 5.38 Å². The van der Waals surface area contributed by atoms with Crippen LogP contribution in [0.4, 0.5) is 0 Å². The van der Waals surface area contributed by atoms with Crippen molar-refractivity contribution in [2.24, 2.45) is 0 Å². The smallest absolute Gasteiger partial charge is 0.365 e. The molecule has 1 aliphatic heterocycles. The molecule has 7 heteroatoms. The molecular formula is C12H16N2O3S2. The van der Waals surface area contributed by atoms with Crippen molar-refractivity contribution in [1.29, 1.82) is 0 Å². The molecule has 1 amide bonds. The van der Waals surface area contributed by atoms with Gasteiger partial charge in [0.2, 0.25) is 10.9 Å². The molecule has 1 aromatic heterocycles. The number of aromatic nitrogens is 1. The second-order valence-corrected chi connectivity index (χ2v) is 6.23. The lowest BCUT2D eigenvalue weighted by molar-refractivity contribution is -0.129. The summed E-state index contributed by atoms with van der Waals surface area (Å²) in [6.45, 7) is 1.75. The van der Waals surface area contributed by atoms with Crippen molar-refractivity contribution in [3.63, 3.8) is 0 Å². The molecule has 0 aromatic carbocycles. The number of amides is 1. The minimum absolute atomic E-state index is 0.109. The first-order valence-corrected chi connectivity index (χ1v) is 8.23. The van der Waals surface area contributed by atoms with E-state index in [1.807, 2.05) is 4.90 Å². The summed E-state index contributed by atoms with van der Waals surface area (Å²) in [6.07, 6.45) is 3.42. The first-order chi connectivity index (χ1) is 9.16. The van der Waals surface area contributed by atoms with Gasteiger partial charge in [-0.1, -0.05) is 0 Å². The fraction of sp³-hybridized carbons (Fsp3) is 0.583. The number of nitrogens with zero attached hydrogens (tertiary/aromatic N) is 2. The second-order valence-electron chi connectivity index (χ2n) is 4.38. The van der Waals surface area contributed by atoms with Crippen molar-refractivity contribution < 1.29 is 14.7 Å². The molecule has 1 fully saturated rings. The molecule has 2 heterocycles. The number of rotatable bonds is 5. The third-order valence-corrected chi connectivity index (χ3v) is 4.75. The van der Waals surface area contributed by atoms with Crippen LogP contribution in [-0.4, -0.2) is 45.7 Å². The molecule has 1 aliphatic rings. The molecule has 104 valence electrons. The Morgan fingerprint density at radius 2 is 2.11 bits per heavy atom. The molecule has 0 aliphatic carbocycles. The maximum atomic E-state index is 11.9. The highest BCUT2D eigenvalue weighted by molar-refractivity contribution is 7.99. The fourth-order valence-electron chi connectivity index (χ4n) is 1.95. The number of carbonyl (C=O) groups excluding carboxylic acids is 1. The standard InChI is InChI=1S/C12H16N2O3S2/c15-10(14-4-2-1-3-5-14)8-18-6-9-7-19-11(13-9)12(16)17/h7H,1-6,8H2,(H,16,17). The van der Waals surface area contributed by atoms with E-state index in [4.69, 9.17) is 5.11 Å². The quantitative estimate of drug-likeness (QED) is 0.901. The summed E-state index contributed by atoms with van der Waals surface area (Å²) in [6, 6.07) is 0. The molecule has 0 atom stereocenters. The van der Waals surface area contributed by atoms with Crippen LogP contribution in [0.3, 0.4) is 0 Å². The number of thioether (sulfide) groups is 1. The van der Waals surface area contributed by atoms with Crippen molar-refractivity contribution in [2.75, 3.05) is 18.8 Å². The van der Waals surface area contributed by atoms with Crippen LogP contribution >= 0.6 is 23.1 Å². The number of thiazole rings is 1. The molecule has 0 saturated carbocycles. The van der Waals surface area contributed by atoms with E-state index >= 15 is 0 Å². The molecule has 19 heavy (non-hydrogen) atoms. The van der Waals surface area contributed by atoms with Gasteiger partial charge in [-0.05, 0) is 19.3 Å². The van der Waals surface area contributed by atoms with Crippen LogP contribution in [0.25, 0.3) is 0 Å². The SMILES string of the molecule is O=C(O)c1nc(CSCC(=O)N2CCCCC2)cs1. The third kappa shape index (κ3) is 4.21. The number of carboxylic acids is 1. The summed E-state index contributed by atoms with van der Waals surface area (Å²) in [5, 5.41) is 10.6. The van der Waals surface area contributed by atoms with E-state index in [1.165, 1.54) is 18.2 Å². The normalized spacial score (nSPS) is 15.5. The predicted molar refractivity (Wildman–Crippen MR) is 75.7 cm³/mol. The van der Waals surface area contributed by atoms with Gasteiger partial charge in [0.15, 0.2) is 0 Å². The van der Waals surface area contributed by atoms with Gasteiger partial charge in [0.25, 0.3) is 0 Å². The number of carbonyl (C=O) groups is 2. The maximum Gasteiger partial charge on any atom is 0.365 e. The zero-order valence-corrected chi connectivity index (χ0v) is 12.1. The Bertz CT molecular complexity index is 456. The lowest BCUT2D eigenvalue weighted by atomic mass is 10.1. The highest BCUT2D eigenvalue weighted by atomic mass is 32.2. The van der Waals surface area contributed by atoms with Crippen LogP contribution in [-0.2, 0) is 10.5 Å². The van der Waals surface area contributed by atoms with E-state index in [-0.39, 0.29) is 10.9 Å². The summed E-state index contributed by atoms with van der Waals surface area (Å²) in [5.74, 6) is 0.215. The molecule has 1 saturated heterocycles. The van der Waals surface area contributed by atoms with E-state index in [1.54, 1.807) is 5.38 Å². The number of piperidine rings is 1. The monoisotopic (exact) mass is 300 g/mol. The van der Waals surface area contributed by atoms with Crippen molar-refractivity contribution in [1.82, 2.24) is 9.88 Å². The zero-order chi connectivity index (χ0) is 13.7. The predicted octanol–water partition coefficient (Wildman–Crippen LogP) is 2.09. The maximum absolute atomic E-state index is 11.9. The van der Waals surface area contributed by atoms with E-state index in [2.05, 4.69) is 4.98 Å². The van der Waals surface area contributed by atoms with Gasteiger partial charge in [-0.15, -0.1) is 23.1 Å². The number of hydrogen-bond donors (Lipinski definition) is 1. The largest absolute Gasteiger partial charge is 0.476 e. The Morgan fingerprint density at radius 1 is 1.37 bits per heavy atom. The molecular weight excluding hydrogens is 284 g/mol. The van der Waals surface area contributed by atoms with Gasteiger partial charge in [-0.25, -0.2) is 9.78 Å². The zero-order valence-electron chi connectivity index (χ0n) is 10.5. The van der Waals surface area contributed by atoms with Crippen LogP contribution in [0, 0.1) is 0 Å². The Kier molecular flexibility index (Phi) is 5.21. The Labute approximate surface area is 120 Å². The van der Waals surface area contributed by atoms with E-state index in [0.717, 1.165) is 43.0 Å². The van der Waals surface area contributed by atoms with Gasteiger partial charge in [-0.3, -0.25) is 4.79 Å². The van der Waals surface area contributed by atoms with Gasteiger partial charge in [0, 0.05) is 24.2 Å². The van der Waals surface area contributed by atoms with E-state index in [0.29, 0.717) is 11.5 Å². The van der Waals surface area contributed by atoms with E-state index in [9.17, 15) is 9.59 Å². The highest BCUT2D eigenvalue weighted by Crippen LogP contribution is 2.17. The van der Waals surface area contributed by atoms with Gasteiger partial charge in [-0.2, -0.15) is 0 Å².